The van der Waals surface area contributed by atoms with Crippen molar-refractivity contribution in [2.24, 2.45) is 0 Å². The zero-order valence-corrected chi connectivity index (χ0v) is 16.1. The van der Waals surface area contributed by atoms with Crippen molar-refractivity contribution in [1.82, 2.24) is 24.5 Å². The number of nitrogens with one attached hydrogen (secondary N) is 1. The van der Waals surface area contributed by atoms with E-state index in [1.165, 1.54) is 0 Å². The monoisotopic (exact) mass is 404 g/mol. The number of carbonyl (C=O) groups is 1. The fraction of sp³-hybridized carbons (Fsp3) is 0.143. The minimum atomic E-state index is -0.384. The number of para-hydroxylation sites is 1. The Morgan fingerprint density at radius 1 is 1.00 bits per heavy atom. The van der Waals surface area contributed by atoms with Crippen LogP contribution >= 0.6 is 11.6 Å². The van der Waals surface area contributed by atoms with Crippen molar-refractivity contribution in [3.05, 3.63) is 83.5 Å². The van der Waals surface area contributed by atoms with Gasteiger partial charge in [-0.25, -0.2) is 14.3 Å². The molecule has 8 heteroatoms. The van der Waals surface area contributed by atoms with Gasteiger partial charge in [0.1, 0.15) is 11.6 Å². The maximum absolute atomic E-state index is 12.9. The van der Waals surface area contributed by atoms with E-state index >= 15 is 0 Å². The Labute approximate surface area is 172 Å². The van der Waals surface area contributed by atoms with Crippen molar-refractivity contribution in [2.45, 2.75) is 18.8 Å². The van der Waals surface area contributed by atoms with Crippen LogP contribution in [0.15, 0.2) is 66.9 Å². The van der Waals surface area contributed by atoms with Gasteiger partial charge in [-0.3, -0.25) is 4.79 Å². The second-order valence-corrected chi connectivity index (χ2v) is 7.31. The van der Waals surface area contributed by atoms with Gasteiger partial charge >= 0.3 is 0 Å². The lowest BCUT2D eigenvalue weighted by Crippen LogP contribution is -2.17. The first-order valence-electron chi connectivity index (χ1n) is 9.33. The first-order valence-corrected chi connectivity index (χ1v) is 9.70. The quantitative estimate of drug-likeness (QED) is 0.539. The minimum Gasteiger partial charge on any atom is -0.304 e. The molecule has 2 heterocycles. The second-order valence-electron chi connectivity index (χ2n) is 6.88. The van der Waals surface area contributed by atoms with Crippen molar-refractivity contribution in [3.63, 3.8) is 0 Å². The molecule has 1 N–H and O–H groups in total. The normalized spacial score (nSPS) is 13.4. The van der Waals surface area contributed by atoms with Gasteiger partial charge in [-0.1, -0.05) is 35.9 Å². The summed E-state index contributed by atoms with van der Waals surface area (Å²) in [6.07, 6.45) is 3.74. The first-order chi connectivity index (χ1) is 14.2. The summed E-state index contributed by atoms with van der Waals surface area (Å²) in [5.74, 6) is 1.44. The Morgan fingerprint density at radius 2 is 1.79 bits per heavy atom. The molecule has 5 rings (SSSR count). The maximum atomic E-state index is 12.9. The van der Waals surface area contributed by atoms with Crippen LogP contribution in [0.1, 0.15) is 35.2 Å². The molecule has 1 saturated carbocycles. The van der Waals surface area contributed by atoms with Gasteiger partial charge in [0.15, 0.2) is 0 Å². The Balaban J connectivity index is 1.45. The zero-order valence-electron chi connectivity index (χ0n) is 15.4. The van der Waals surface area contributed by atoms with Crippen LogP contribution in [0.25, 0.3) is 11.4 Å². The molecule has 7 nitrogen and oxygen atoms in total. The smallest absolute Gasteiger partial charge is 0.296 e. The molecule has 1 aliphatic rings. The van der Waals surface area contributed by atoms with E-state index in [0.29, 0.717) is 16.8 Å². The fourth-order valence-corrected chi connectivity index (χ4v) is 3.35. The summed E-state index contributed by atoms with van der Waals surface area (Å²) >= 11 is 6.08. The molecule has 4 aromatic rings. The van der Waals surface area contributed by atoms with Crippen molar-refractivity contribution >= 4 is 23.3 Å². The Hall–Kier alpha value is -3.45. The van der Waals surface area contributed by atoms with Gasteiger partial charge in [0.05, 0.1) is 17.6 Å². The summed E-state index contributed by atoms with van der Waals surface area (Å²) in [5.41, 5.74) is 1.64. The lowest BCUT2D eigenvalue weighted by atomic mass is 10.3. The van der Waals surface area contributed by atoms with Crippen LogP contribution in [-0.4, -0.2) is 30.5 Å². The van der Waals surface area contributed by atoms with E-state index in [1.54, 1.807) is 33.8 Å². The van der Waals surface area contributed by atoms with E-state index in [9.17, 15) is 4.79 Å². The highest BCUT2D eigenvalue weighted by molar-refractivity contribution is 6.30. The fourth-order valence-electron chi connectivity index (χ4n) is 3.17. The average Bonchev–Trinajstić information content (AvgIpc) is 3.31. The second kappa shape index (κ2) is 7.18. The van der Waals surface area contributed by atoms with Gasteiger partial charge in [0, 0.05) is 17.0 Å². The third kappa shape index (κ3) is 3.52. The SMILES string of the molecule is O=C(Nc1ccnn1-c1cccc(Cl)c1)c1nc(C2CC2)n(-c2ccccc2)n1. The van der Waals surface area contributed by atoms with Crippen LogP contribution in [-0.2, 0) is 0 Å². The number of amides is 1. The Kier molecular flexibility index (Phi) is 4.37. The molecule has 0 saturated heterocycles. The van der Waals surface area contributed by atoms with Gasteiger partial charge in [0.25, 0.3) is 5.91 Å². The van der Waals surface area contributed by atoms with Crippen LogP contribution in [0.3, 0.4) is 0 Å². The molecule has 144 valence electrons. The highest BCUT2D eigenvalue weighted by atomic mass is 35.5. The standard InChI is InChI=1S/C21H17ClN6O/c22-15-5-4-8-17(13-15)27-18(11-12-23-27)24-21(29)19-25-20(14-9-10-14)28(26-19)16-6-2-1-3-7-16/h1-8,11-14H,9-10H2,(H,24,29). The van der Waals surface area contributed by atoms with Crippen molar-refractivity contribution in [3.8, 4) is 11.4 Å². The molecule has 0 bridgehead atoms. The van der Waals surface area contributed by atoms with E-state index in [2.05, 4.69) is 20.5 Å². The number of benzene rings is 2. The van der Waals surface area contributed by atoms with E-state index < -0.39 is 0 Å². The summed E-state index contributed by atoms with van der Waals surface area (Å²) < 4.78 is 3.38. The third-order valence-electron chi connectivity index (χ3n) is 4.72. The minimum absolute atomic E-state index is 0.134. The number of hydrogen-bond donors (Lipinski definition) is 1. The van der Waals surface area contributed by atoms with Gasteiger partial charge in [0.2, 0.25) is 5.82 Å². The number of rotatable bonds is 5. The van der Waals surface area contributed by atoms with Crippen LogP contribution < -0.4 is 5.32 Å². The van der Waals surface area contributed by atoms with Gasteiger partial charge in [-0.05, 0) is 43.2 Å². The van der Waals surface area contributed by atoms with Gasteiger partial charge < -0.3 is 5.32 Å². The molecule has 1 aliphatic carbocycles. The number of nitrogens with zero attached hydrogens (tertiary/aromatic N) is 5. The highest BCUT2D eigenvalue weighted by Crippen LogP contribution is 2.39. The predicted octanol–water partition coefficient (Wildman–Crippen LogP) is 4.24. The van der Waals surface area contributed by atoms with Crippen molar-refractivity contribution in [1.29, 1.82) is 0 Å². The number of carbonyl (C=O) groups excluding carboxylic acids is 1. The van der Waals surface area contributed by atoms with Crippen LogP contribution in [0.4, 0.5) is 5.82 Å². The molecule has 29 heavy (non-hydrogen) atoms. The topological polar surface area (TPSA) is 77.6 Å². The van der Waals surface area contributed by atoms with Crippen molar-refractivity contribution in [2.75, 3.05) is 5.32 Å². The Bertz CT molecular complexity index is 1180. The zero-order chi connectivity index (χ0) is 19.8. The van der Waals surface area contributed by atoms with Gasteiger partial charge in [-0.2, -0.15) is 5.10 Å². The van der Waals surface area contributed by atoms with E-state index in [4.69, 9.17) is 11.6 Å². The van der Waals surface area contributed by atoms with E-state index in [-0.39, 0.29) is 11.7 Å². The highest BCUT2D eigenvalue weighted by Gasteiger charge is 2.31. The van der Waals surface area contributed by atoms with Crippen LogP contribution in [0, 0.1) is 0 Å². The molecule has 2 aromatic heterocycles. The maximum Gasteiger partial charge on any atom is 0.296 e. The lowest BCUT2D eigenvalue weighted by molar-refractivity contribution is 0.101. The molecule has 0 atom stereocenters. The summed E-state index contributed by atoms with van der Waals surface area (Å²) in [4.78, 5) is 17.4. The summed E-state index contributed by atoms with van der Waals surface area (Å²) in [7, 11) is 0. The molecule has 1 fully saturated rings. The largest absolute Gasteiger partial charge is 0.304 e. The number of hydrogen-bond acceptors (Lipinski definition) is 4. The number of halogens is 1. The number of anilines is 1. The molecule has 2 aromatic carbocycles. The molecule has 1 amide bonds. The third-order valence-corrected chi connectivity index (χ3v) is 4.95. The molecule has 0 aliphatic heterocycles. The van der Waals surface area contributed by atoms with E-state index in [0.717, 1.165) is 30.0 Å². The molecular weight excluding hydrogens is 388 g/mol. The Morgan fingerprint density at radius 3 is 2.55 bits per heavy atom. The molecule has 0 spiro atoms. The summed E-state index contributed by atoms with van der Waals surface area (Å²) in [5, 5.41) is 12.2. The molecular formula is C21H17ClN6O. The summed E-state index contributed by atoms with van der Waals surface area (Å²) in [6, 6.07) is 18.7. The summed E-state index contributed by atoms with van der Waals surface area (Å²) in [6.45, 7) is 0. The number of aromatic nitrogens is 5. The average molecular weight is 405 g/mol. The molecule has 0 unspecified atom stereocenters. The van der Waals surface area contributed by atoms with Crippen LogP contribution in [0.5, 0.6) is 0 Å². The molecule has 0 radical (unpaired) electrons. The predicted molar refractivity (Wildman–Crippen MR) is 110 cm³/mol. The van der Waals surface area contributed by atoms with Crippen molar-refractivity contribution < 1.29 is 4.79 Å². The van der Waals surface area contributed by atoms with Crippen LogP contribution in [0.2, 0.25) is 5.02 Å². The van der Waals surface area contributed by atoms with E-state index in [1.807, 2.05) is 42.5 Å². The van der Waals surface area contributed by atoms with Gasteiger partial charge in [-0.15, -0.1) is 5.10 Å². The lowest BCUT2D eigenvalue weighted by Gasteiger charge is -2.08. The first kappa shape index (κ1) is 17.6.